The highest BCUT2D eigenvalue weighted by molar-refractivity contribution is 5.98. The molecule has 0 aliphatic rings. The highest BCUT2D eigenvalue weighted by Crippen LogP contribution is 2.33. The van der Waals surface area contributed by atoms with E-state index in [1.807, 2.05) is 30.3 Å². The summed E-state index contributed by atoms with van der Waals surface area (Å²) in [6.07, 6.45) is 0. The monoisotopic (exact) mass is 458 g/mol. The molecule has 0 amide bonds. The number of benzene rings is 3. The number of methoxy groups -OCH3 is 2. The largest absolute Gasteiger partial charge is 0.493 e. The van der Waals surface area contributed by atoms with Crippen LogP contribution in [0.5, 0.6) is 11.5 Å². The average Bonchev–Trinajstić information content (AvgIpc) is 3.32. The second-order valence-electron chi connectivity index (χ2n) is 7.56. The van der Waals surface area contributed by atoms with E-state index in [-0.39, 0.29) is 17.9 Å². The second kappa shape index (κ2) is 8.43. The number of halogens is 1. The van der Waals surface area contributed by atoms with Crippen LogP contribution in [0.2, 0.25) is 0 Å². The first-order valence-electron chi connectivity index (χ1n) is 10.4. The molecule has 5 rings (SSSR count). The standard InChI is InChI=1S/C25H19FN4O4/c1-33-21-12-18-19(13-22(21)34-2)29(14-20(31)15-8-10-17(26)11-9-15)25(32)30-24(18)27-23(28-30)16-6-4-3-5-7-16/h3-13H,14H2,1-2H3. The van der Waals surface area contributed by atoms with E-state index >= 15 is 0 Å². The molecular weight excluding hydrogens is 439 g/mol. The van der Waals surface area contributed by atoms with Gasteiger partial charge in [-0.3, -0.25) is 9.36 Å². The van der Waals surface area contributed by atoms with Crippen LogP contribution in [-0.4, -0.2) is 39.2 Å². The smallest absolute Gasteiger partial charge is 0.351 e. The van der Waals surface area contributed by atoms with E-state index in [4.69, 9.17) is 9.47 Å². The lowest BCUT2D eigenvalue weighted by atomic mass is 10.1. The van der Waals surface area contributed by atoms with Crippen molar-refractivity contribution in [2.24, 2.45) is 0 Å². The number of Topliss-reactive ketones (excluding diaryl/α,β-unsaturated/α-hetero) is 1. The number of ketones is 1. The maximum atomic E-state index is 13.5. The lowest BCUT2D eigenvalue weighted by molar-refractivity contribution is 0.0971. The topological polar surface area (TPSA) is 87.7 Å². The summed E-state index contributed by atoms with van der Waals surface area (Å²) < 4.78 is 26.7. The van der Waals surface area contributed by atoms with Gasteiger partial charge in [-0.15, -0.1) is 5.10 Å². The van der Waals surface area contributed by atoms with Gasteiger partial charge in [0.2, 0.25) is 0 Å². The summed E-state index contributed by atoms with van der Waals surface area (Å²) in [6, 6.07) is 17.8. The van der Waals surface area contributed by atoms with E-state index in [1.54, 1.807) is 12.1 Å². The lowest BCUT2D eigenvalue weighted by Crippen LogP contribution is -2.30. The summed E-state index contributed by atoms with van der Waals surface area (Å²) in [6.45, 7) is -0.285. The van der Waals surface area contributed by atoms with Crippen LogP contribution in [0.15, 0.2) is 71.5 Å². The third kappa shape index (κ3) is 3.57. The molecule has 0 fully saturated rings. The van der Waals surface area contributed by atoms with Crippen molar-refractivity contribution in [3.63, 3.8) is 0 Å². The molecule has 0 saturated carbocycles. The minimum Gasteiger partial charge on any atom is -0.493 e. The van der Waals surface area contributed by atoms with Crippen molar-refractivity contribution in [1.29, 1.82) is 0 Å². The molecule has 0 atom stereocenters. The number of fused-ring (bicyclic) bond motifs is 3. The van der Waals surface area contributed by atoms with Crippen molar-refractivity contribution in [1.82, 2.24) is 19.2 Å². The van der Waals surface area contributed by atoms with Crippen LogP contribution in [0.25, 0.3) is 27.9 Å². The zero-order chi connectivity index (χ0) is 23.8. The third-order valence-electron chi connectivity index (χ3n) is 5.55. The molecule has 0 aliphatic carbocycles. The first-order valence-corrected chi connectivity index (χ1v) is 10.4. The molecule has 8 nitrogen and oxygen atoms in total. The van der Waals surface area contributed by atoms with Gasteiger partial charge in [0.15, 0.2) is 28.8 Å². The fourth-order valence-electron chi connectivity index (χ4n) is 3.84. The van der Waals surface area contributed by atoms with Crippen LogP contribution in [0.4, 0.5) is 4.39 Å². The molecule has 0 aliphatic heterocycles. The fourth-order valence-corrected chi connectivity index (χ4v) is 3.84. The van der Waals surface area contributed by atoms with Crippen molar-refractivity contribution >= 4 is 22.3 Å². The van der Waals surface area contributed by atoms with Gasteiger partial charge in [-0.05, 0) is 30.3 Å². The molecular formula is C25H19FN4O4. The van der Waals surface area contributed by atoms with Crippen LogP contribution in [0.1, 0.15) is 10.4 Å². The summed E-state index contributed by atoms with van der Waals surface area (Å²) >= 11 is 0. The number of rotatable bonds is 6. The van der Waals surface area contributed by atoms with E-state index in [9.17, 15) is 14.0 Å². The zero-order valence-corrected chi connectivity index (χ0v) is 18.4. The Morgan fingerprint density at radius 1 is 0.971 bits per heavy atom. The Morgan fingerprint density at radius 3 is 2.32 bits per heavy atom. The number of ether oxygens (including phenoxy) is 2. The average molecular weight is 458 g/mol. The minimum atomic E-state index is -0.542. The molecule has 34 heavy (non-hydrogen) atoms. The predicted molar refractivity (Wildman–Crippen MR) is 124 cm³/mol. The first kappa shape index (κ1) is 21.3. The second-order valence-corrected chi connectivity index (χ2v) is 7.56. The fraction of sp³-hybridized carbons (Fsp3) is 0.120. The molecule has 0 bridgehead atoms. The molecule has 5 aromatic rings. The van der Waals surface area contributed by atoms with E-state index < -0.39 is 11.5 Å². The Morgan fingerprint density at radius 2 is 1.65 bits per heavy atom. The Bertz CT molecular complexity index is 1590. The normalized spacial score (nSPS) is 11.1. The summed E-state index contributed by atoms with van der Waals surface area (Å²) in [7, 11) is 2.99. The Kier molecular flexibility index (Phi) is 5.29. The van der Waals surface area contributed by atoms with Gasteiger partial charge in [-0.25, -0.2) is 14.2 Å². The van der Waals surface area contributed by atoms with Gasteiger partial charge in [0.05, 0.1) is 26.3 Å². The van der Waals surface area contributed by atoms with E-state index in [2.05, 4.69) is 10.1 Å². The van der Waals surface area contributed by atoms with Crippen molar-refractivity contribution < 1.29 is 18.7 Å². The highest BCUT2D eigenvalue weighted by atomic mass is 19.1. The molecule has 0 unspecified atom stereocenters. The summed E-state index contributed by atoms with van der Waals surface area (Å²) in [5, 5.41) is 4.98. The maximum absolute atomic E-state index is 13.5. The molecule has 0 N–H and O–H groups in total. The van der Waals surface area contributed by atoms with Crippen molar-refractivity contribution in [3.8, 4) is 22.9 Å². The van der Waals surface area contributed by atoms with Crippen LogP contribution < -0.4 is 15.2 Å². The Balaban J connectivity index is 1.77. The Hall–Kier alpha value is -4.53. The van der Waals surface area contributed by atoms with Gasteiger partial charge in [-0.2, -0.15) is 4.52 Å². The summed E-state index contributed by atoms with van der Waals surface area (Å²) in [4.78, 5) is 31.1. The van der Waals surface area contributed by atoms with Crippen LogP contribution in [0, 0.1) is 5.82 Å². The number of nitrogens with zero attached hydrogens (tertiary/aromatic N) is 4. The zero-order valence-electron chi connectivity index (χ0n) is 18.4. The van der Waals surface area contributed by atoms with Gasteiger partial charge < -0.3 is 9.47 Å². The first-order chi connectivity index (χ1) is 16.5. The van der Waals surface area contributed by atoms with Gasteiger partial charge in [0.25, 0.3) is 0 Å². The molecule has 2 aromatic heterocycles. The summed E-state index contributed by atoms with van der Waals surface area (Å²) in [5.41, 5.74) is 1.24. The highest BCUT2D eigenvalue weighted by Gasteiger charge is 2.20. The van der Waals surface area contributed by atoms with Gasteiger partial charge in [0.1, 0.15) is 5.82 Å². The van der Waals surface area contributed by atoms with E-state index in [1.165, 1.54) is 47.6 Å². The molecule has 0 radical (unpaired) electrons. The minimum absolute atomic E-state index is 0.283. The van der Waals surface area contributed by atoms with Crippen LogP contribution in [-0.2, 0) is 6.54 Å². The van der Waals surface area contributed by atoms with Gasteiger partial charge >= 0.3 is 5.69 Å². The van der Waals surface area contributed by atoms with Crippen molar-refractivity contribution in [2.45, 2.75) is 6.54 Å². The number of aromatic nitrogens is 4. The maximum Gasteiger partial charge on any atom is 0.351 e. The quantitative estimate of drug-likeness (QED) is 0.360. The molecule has 9 heteroatoms. The molecule has 0 spiro atoms. The van der Waals surface area contributed by atoms with Crippen molar-refractivity contribution in [3.05, 3.63) is 88.6 Å². The number of hydrogen-bond acceptors (Lipinski definition) is 6. The van der Waals surface area contributed by atoms with Gasteiger partial charge in [0, 0.05) is 22.6 Å². The SMILES string of the molecule is COc1cc2c(cc1OC)n(CC(=O)c1ccc(F)cc1)c(=O)n1nc(-c3ccccc3)nc21. The molecule has 3 aromatic carbocycles. The number of hydrogen-bond donors (Lipinski definition) is 0. The van der Waals surface area contributed by atoms with Crippen LogP contribution >= 0.6 is 0 Å². The molecule has 2 heterocycles. The predicted octanol–water partition coefficient (Wildman–Crippen LogP) is 3.75. The van der Waals surface area contributed by atoms with E-state index in [0.717, 1.165) is 5.56 Å². The summed E-state index contributed by atoms with van der Waals surface area (Å²) in [5.74, 6) is 0.395. The van der Waals surface area contributed by atoms with E-state index in [0.29, 0.717) is 33.9 Å². The molecule has 170 valence electrons. The van der Waals surface area contributed by atoms with Crippen molar-refractivity contribution in [2.75, 3.05) is 14.2 Å². The third-order valence-corrected chi connectivity index (χ3v) is 5.55. The number of carbonyl (C=O) groups is 1. The van der Waals surface area contributed by atoms with Crippen LogP contribution in [0.3, 0.4) is 0 Å². The lowest BCUT2D eigenvalue weighted by Gasteiger charge is -2.14. The van der Waals surface area contributed by atoms with Gasteiger partial charge in [-0.1, -0.05) is 30.3 Å². The number of carbonyl (C=O) groups excluding carboxylic acids is 1. The Labute approximate surface area is 192 Å². The molecule has 0 saturated heterocycles.